The van der Waals surface area contributed by atoms with E-state index >= 15 is 0 Å². The van der Waals surface area contributed by atoms with E-state index in [2.05, 4.69) is 21.2 Å². The highest BCUT2D eigenvalue weighted by molar-refractivity contribution is 9.10. The van der Waals surface area contributed by atoms with Gasteiger partial charge in [0.1, 0.15) is 12.4 Å². The van der Waals surface area contributed by atoms with E-state index in [0.29, 0.717) is 24.4 Å². The van der Waals surface area contributed by atoms with Crippen molar-refractivity contribution in [3.63, 3.8) is 0 Å². The predicted octanol–water partition coefficient (Wildman–Crippen LogP) is 3.65. The van der Waals surface area contributed by atoms with Gasteiger partial charge in [-0.15, -0.1) is 0 Å². The number of nitrogens with zero attached hydrogens (tertiary/aromatic N) is 1. The Morgan fingerprint density at radius 2 is 1.79 bits per heavy atom. The molecule has 0 spiro atoms. The number of fused-ring (bicyclic) bond motifs is 1. The number of rotatable bonds is 4. The summed E-state index contributed by atoms with van der Waals surface area (Å²) in [4.78, 5) is 12.8. The Hall–Kier alpha value is -2.16. The quantitative estimate of drug-likeness (QED) is 0.752. The largest absolute Gasteiger partial charge is 0.488 e. The summed E-state index contributed by atoms with van der Waals surface area (Å²) in [5, 5.41) is 2.80. The lowest BCUT2D eigenvalue weighted by Gasteiger charge is -2.18. The molecule has 2 aromatic rings. The van der Waals surface area contributed by atoms with Crippen LogP contribution in [-0.4, -0.2) is 38.3 Å². The zero-order chi connectivity index (χ0) is 19.7. The maximum atomic E-state index is 12.6. The monoisotopic (exact) mass is 462 g/mol. The Labute approximate surface area is 172 Å². The molecule has 28 heavy (non-hydrogen) atoms. The number of hydrogen-bond donors (Lipinski definition) is 1. The van der Waals surface area contributed by atoms with Crippen LogP contribution in [0, 0.1) is 0 Å². The molecule has 0 saturated carbocycles. The lowest BCUT2D eigenvalue weighted by Crippen LogP contribution is -2.27. The van der Waals surface area contributed by atoms with Crippen LogP contribution in [0.5, 0.6) is 5.75 Å². The SMILES string of the molecule is O=C(Nc1ccc(S(=O)(=O)N2CCCC2)cc1)C1=Cc2cc(Br)ccc2OC1. The van der Waals surface area contributed by atoms with Gasteiger partial charge in [0.2, 0.25) is 10.0 Å². The molecule has 4 rings (SSSR count). The Balaban J connectivity index is 1.48. The van der Waals surface area contributed by atoms with E-state index in [9.17, 15) is 13.2 Å². The highest BCUT2D eigenvalue weighted by atomic mass is 79.9. The molecule has 2 heterocycles. The van der Waals surface area contributed by atoms with E-state index in [1.807, 2.05) is 18.2 Å². The summed E-state index contributed by atoms with van der Waals surface area (Å²) < 4.78 is 33.2. The molecule has 1 amide bonds. The molecule has 0 unspecified atom stereocenters. The standard InChI is InChI=1S/C20H19BrN2O4S/c21-16-3-8-19-14(12-16)11-15(13-27-19)20(24)22-17-4-6-18(7-5-17)28(25,26)23-9-1-2-10-23/h3-8,11-12H,1-2,9-10,13H2,(H,22,24). The van der Waals surface area contributed by atoms with E-state index in [0.717, 1.165) is 28.6 Å². The molecule has 1 saturated heterocycles. The minimum Gasteiger partial charge on any atom is -0.488 e. The molecule has 6 nitrogen and oxygen atoms in total. The van der Waals surface area contributed by atoms with Crippen molar-refractivity contribution in [2.24, 2.45) is 0 Å². The summed E-state index contributed by atoms with van der Waals surface area (Å²) >= 11 is 3.41. The number of anilines is 1. The molecule has 0 aliphatic carbocycles. The average molecular weight is 463 g/mol. The van der Waals surface area contributed by atoms with Crippen LogP contribution in [0.4, 0.5) is 5.69 Å². The Kier molecular flexibility index (Phi) is 5.27. The van der Waals surface area contributed by atoms with Gasteiger partial charge in [-0.1, -0.05) is 15.9 Å². The van der Waals surface area contributed by atoms with Crippen molar-refractivity contribution in [2.45, 2.75) is 17.7 Å². The molecule has 1 fully saturated rings. The molecule has 2 aliphatic heterocycles. The van der Waals surface area contributed by atoms with Crippen LogP contribution < -0.4 is 10.1 Å². The highest BCUT2D eigenvalue weighted by Crippen LogP contribution is 2.29. The van der Waals surface area contributed by atoms with Crippen molar-refractivity contribution in [1.82, 2.24) is 4.31 Å². The number of nitrogens with one attached hydrogen (secondary N) is 1. The van der Waals surface area contributed by atoms with Crippen LogP contribution in [0.1, 0.15) is 18.4 Å². The molecule has 0 radical (unpaired) electrons. The second-order valence-electron chi connectivity index (χ2n) is 6.73. The maximum Gasteiger partial charge on any atom is 0.255 e. The van der Waals surface area contributed by atoms with Gasteiger partial charge in [0.05, 0.1) is 10.5 Å². The van der Waals surface area contributed by atoms with Crippen LogP contribution in [-0.2, 0) is 14.8 Å². The fraction of sp³-hybridized carbons (Fsp3) is 0.250. The van der Waals surface area contributed by atoms with Gasteiger partial charge >= 0.3 is 0 Å². The van der Waals surface area contributed by atoms with Gasteiger partial charge in [-0.25, -0.2) is 8.42 Å². The summed E-state index contributed by atoms with van der Waals surface area (Å²) in [6.45, 7) is 1.31. The number of ether oxygens (including phenoxy) is 1. The minimum atomic E-state index is -3.46. The number of hydrogen-bond acceptors (Lipinski definition) is 4. The van der Waals surface area contributed by atoms with Gasteiger partial charge in [-0.2, -0.15) is 4.31 Å². The normalized spacial score (nSPS) is 16.8. The minimum absolute atomic E-state index is 0.182. The molecule has 2 aromatic carbocycles. The molecular formula is C20H19BrN2O4S. The van der Waals surface area contributed by atoms with E-state index in [-0.39, 0.29) is 17.4 Å². The fourth-order valence-electron chi connectivity index (χ4n) is 3.28. The lowest BCUT2D eigenvalue weighted by molar-refractivity contribution is -0.113. The topological polar surface area (TPSA) is 75.7 Å². The van der Waals surface area contributed by atoms with Crippen molar-refractivity contribution in [1.29, 1.82) is 0 Å². The number of benzene rings is 2. The Bertz CT molecular complexity index is 1040. The first kappa shape index (κ1) is 19.2. The van der Waals surface area contributed by atoms with Crippen LogP contribution >= 0.6 is 15.9 Å². The first-order valence-electron chi connectivity index (χ1n) is 8.98. The molecular weight excluding hydrogens is 444 g/mol. The van der Waals surface area contributed by atoms with Crippen LogP contribution in [0.2, 0.25) is 0 Å². The third-order valence-corrected chi connectivity index (χ3v) is 7.20. The molecule has 146 valence electrons. The van der Waals surface area contributed by atoms with Crippen LogP contribution in [0.25, 0.3) is 6.08 Å². The molecule has 0 aromatic heterocycles. The van der Waals surface area contributed by atoms with E-state index < -0.39 is 10.0 Å². The van der Waals surface area contributed by atoms with Gasteiger partial charge in [0.25, 0.3) is 5.91 Å². The number of carbonyl (C=O) groups excluding carboxylic acids is 1. The second kappa shape index (κ2) is 7.69. The summed E-state index contributed by atoms with van der Waals surface area (Å²) in [6.07, 6.45) is 3.58. The van der Waals surface area contributed by atoms with Gasteiger partial charge in [-0.3, -0.25) is 4.79 Å². The second-order valence-corrected chi connectivity index (χ2v) is 9.58. The zero-order valence-corrected chi connectivity index (χ0v) is 17.4. The first-order valence-corrected chi connectivity index (χ1v) is 11.2. The Morgan fingerprint density at radius 3 is 2.50 bits per heavy atom. The molecule has 1 N–H and O–H groups in total. The first-order chi connectivity index (χ1) is 13.4. The van der Waals surface area contributed by atoms with Gasteiger partial charge in [0, 0.05) is 28.8 Å². The average Bonchev–Trinajstić information content (AvgIpc) is 3.23. The van der Waals surface area contributed by atoms with Gasteiger partial charge in [-0.05, 0) is 61.4 Å². The molecule has 8 heteroatoms. The van der Waals surface area contributed by atoms with Crippen molar-refractivity contribution >= 4 is 43.6 Å². The van der Waals surface area contributed by atoms with Crippen LogP contribution in [0.3, 0.4) is 0 Å². The van der Waals surface area contributed by atoms with Crippen molar-refractivity contribution < 1.29 is 17.9 Å². The van der Waals surface area contributed by atoms with E-state index in [1.54, 1.807) is 18.2 Å². The number of sulfonamides is 1. The van der Waals surface area contributed by atoms with Gasteiger partial charge < -0.3 is 10.1 Å². The number of carbonyl (C=O) groups is 1. The maximum absolute atomic E-state index is 12.6. The smallest absolute Gasteiger partial charge is 0.255 e. The Morgan fingerprint density at radius 1 is 1.07 bits per heavy atom. The summed E-state index contributed by atoms with van der Waals surface area (Å²) in [6, 6.07) is 11.9. The van der Waals surface area contributed by atoms with Crippen molar-refractivity contribution in [3.8, 4) is 5.75 Å². The van der Waals surface area contributed by atoms with Crippen molar-refractivity contribution in [2.75, 3.05) is 25.0 Å². The predicted molar refractivity (Wildman–Crippen MR) is 111 cm³/mol. The molecule has 2 aliphatic rings. The summed E-state index contributed by atoms with van der Waals surface area (Å²) in [5.41, 5.74) is 1.86. The van der Waals surface area contributed by atoms with Crippen LogP contribution in [0.15, 0.2) is 57.4 Å². The van der Waals surface area contributed by atoms with Gasteiger partial charge in [0.15, 0.2) is 0 Å². The summed E-state index contributed by atoms with van der Waals surface area (Å²) in [5.74, 6) is 0.456. The zero-order valence-electron chi connectivity index (χ0n) is 15.0. The van der Waals surface area contributed by atoms with E-state index in [1.165, 1.54) is 16.4 Å². The molecule has 0 bridgehead atoms. The van der Waals surface area contributed by atoms with E-state index in [4.69, 9.17) is 4.74 Å². The highest BCUT2D eigenvalue weighted by Gasteiger charge is 2.27. The molecule has 0 atom stereocenters. The summed E-state index contributed by atoms with van der Waals surface area (Å²) in [7, 11) is -3.46. The number of halogens is 1. The lowest BCUT2D eigenvalue weighted by atomic mass is 10.1. The third kappa shape index (κ3) is 3.85. The fourth-order valence-corrected chi connectivity index (χ4v) is 5.17. The van der Waals surface area contributed by atoms with Crippen molar-refractivity contribution in [3.05, 3.63) is 58.1 Å². The third-order valence-electron chi connectivity index (χ3n) is 4.79. The number of amides is 1.